The lowest BCUT2D eigenvalue weighted by atomic mass is 9.95. The highest BCUT2D eigenvalue weighted by Gasteiger charge is 2.39. The highest BCUT2D eigenvalue weighted by molar-refractivity contribution is 7.99. The minimum atomic E-state index is -4.55. The predicted octanol–water partition coefficient (Wildman–Crippen LogP) is 3.47. The smallest absolute Gasteiger partial charge is 0.350 e. The Labute approximate surface area is 151 Å². The predicted molar refractivity (Wildman–Crippen MR) is 87.9 cm³/mol. The number of benzene rings is 1. The van der Waals surface area contributed by atoms with Crippen molar-refractivity contribution in [2.24, 2.45) is 0 Å². The molecule has 0 spiro atoms. The van der Waals surface area contributed by atoms with Crippen LogP contribution in [0.4, 0.5) is 13.2 Å². The molecular formula is C17H16F3N3O2S. The number of nitrogens with zero attached hydrogens (tertiary/aromatic N) is 1. The third-order valence-electron chi connectivity index (χ3n) is 4.72. The molecule has 3 atom stereocenters. The topological polar surface area (TPSA) is 67.2 Å². The summed E-state index contributed by atoms with van der Waals surface area (Å²) in [7, 11) is 0. The molecule has 3 heterocycles. The van der Waals surface area contributed by atoms with Gasteiger partial charge in [-0.2, -0.15) is 13.2 Å². The van der Waals surface area contributed by atoms with E-state index in [0.29, 0.717) is 22.5 Å². The first kappa shape index (κ1) is 17.4. The van der Waals surface area contributed by atoms with E-state index >= 15 is 0 Å². The van der Waals surface area contributed by atoms with E-state index in [9.17, 15) is 18.0 Å². The lowest BCUT2D eigenvalue weighted by Gasteiger charge is -2.21. The van der Waals surface area contributed by atoms with Gasteiger partial charge in [0.15, 0.2) is 0 Å². The maximum atomic E-state index is 12.5. The summed E-state index contributed by atoms with van der Waals surface area (Å²) in [6.07, 6.45) is -1.34. The number of amides is 1. The van der Waals surface area contributed by atoms with E-state index in [-0.39, 0.29) is 17.0 Å². The van der Waals surface area contributed by atoms with Crippen molar-refractivity contribution in [3.05, 3.63) is 41.7 Å². The quantitative estimate of drug-likeness (QED) is 0.846. The zero-order valence-electron chi connectivity index (χ0n) is 13.5. The minimum absolute atomic E-state index is 0.114. The van der Waals surface area contributed by atoms with Gasteiger partial charge in [-0.15, -0.1) is 0 Å². The number of aromatic nitrogens is 1. The van der Waals surface area contributed by atoms with E-state index in [2.05, 4.69) is 20.3 Å². The van der Waals surface area contributed by atoms with Gasteiger partial charge in [-0.25, -0.2) is 0 Å². The number of rotatable bonds is 4. The molecule has 0 radical (unpaired) electrons. The molecule has 2 aliphatic rings. The van der Waals surface area contributed by atoms with Gasteiger partial charge in [-0.1, -0.05) is 16.9 Å². The van der Waals surface area contributed by atoms with Crippen LogP contribution in [0.1, 0.15) is 35.4 Å². The van der Waals surface area contributed by atoms with Gasteiger partial charge < -0.3 is 15.2 Å². The van der Waals surface area contributed by atoms with E-state index in [0.717, 1.165) is 30.7 Å². The second kappa shape index (κ2) is 6.62. The number of hydrogen-bond acceptors (Lipinski definition) is 5. The molecule has 5 nitrogen and oxygen atoms in total. The molecule has 26 heavy (non-hydrogen) atoms. The Morgan fingerprint density at radius 1 is 1.27 bits per heavy atom. The highest BCUT2D eigenvalue weighted by atomic mass is 32.2. The van der Waals surface area contributed by atoms with Crippen LogP contribution in [-0.2, 0) is 6.18 Å². The monoisotopic (exact) mass is 383 g/mol. The van der Waals surface area contributed by atoms with Crippen LogP contribution in [0, 0.1) is 0 Å². The fourth-order valence-corrected chi connectivity index (χ4v) is 4.23. The van der Waals surface area contributed by atoms with E-state index in [1.807, 2.05) is 0 Å². The number of hydrogen-bond donors (Lipinski definition) is 2. The summed E-state index contributed by atoms with van der Waals surface area (Å²) in [6.45, 7) is 0. The maximum absolute atomic E-state index is 12.5. The lowest BCUT2D eigenvalue weighted by Crippen LogP contribution is -2.42. The molecule has 2 aliphatic heterocycles. The summed E-state index contributed by atoms with van der Waals surface area (Å²) >= 11 is 1.04. The largest absolute Gasteiger partial charge is 0.452 e. The molecule has 1 aromatic heterocycles. The van der Waals surface area contributed by atoms with Crippen molar-refractivity contribution in [3.8, 4) is 0 Å². The van der Waals surface area contributed by atoms with E-state index in [1.165, 1.54) is 6.42 Å². The fraction of sp³-hybridized carbons (Fsp3) is 0.412. The maximum Gasteiger partial charge on any atom is 0.452 e. The van der Waals surface area contributed by atoms with Crippen LogP contribution in [0.25, 0.3) is 0 Å². The number of carbonyl (C=O) groups excluding carboxylic acids is 1. The van der Waals surface area contributed by atoms with Crippen molar-refractivity contribution in [3.63, 3.8) is 0 Å². The van der Waals surface area contributed by atoms with Crippen LogP contribution in [0.15, 0.2) is 44.8 Å². The van der Waals surface area contributed by atoms with Crippen LogP contribution in [-0.4, -0.2) is 29.2 Å². The Morgan fingerprint density at radius 3 is 2.62 bits per heavy atom. The average molecular weight is 383 g/mol. The van der Waals surface area contributed by atoms with E-state index < -0.39 is 11.9 Å². The minimum Gasteiger partial charge on any atom is -0.350 e. The lowest BCUT2D eigenvalue weighted by molar-refractivity contribution is -0.155. The number of nitrogens with one attached hydrogen (secondary N) is 2. The fourth-order valence-electron chi connectivity index (χ4n) is 3.47. The average Bonchev–Trinajstić information content (AvgIpc) is 3.31. The molecule has 0 saturated carbocycles. The van der Waals surface area contributed by atoms with Crippen LogP contribution in [0.5, 0.6) is 0 Å². The highest BCUT2D eigenvalue weighted by Crippen LogP contribution is 2.34. The van der Waals surface area contributed by atoms with Gasteiger partial charge in [-0.3, -0.25) is 4.79 Å². The molecule has 9 heteroatoms. The summed E-state index contributed by atoms with van der Waals surface area (Å²) in [5.74, 6) is -1.27. The molecule has 2 saturated heterocycles. The van der Waals surface area contributed by atoms with Gasteiger partial charge in [0.2, 0.25) is 5.76 Å². The van der Waals surface area contributed by atoms with Gasteiger partial charge in [0.1, 0.15) is 5.03 Å². The summed E-state index contributed by atoms with van der Waals surface area (Å²) in [4.78, 5) is 13.0. The molecule has 138 valence electrons. The summed E-state index contributed by atoms with van der Waals surface area (Å²) in [5.41, 5.74) is 0.522. The van der Waals surface area contributed by atoms with Crippen LogP contribution in [0.3, 0.4) is 0 Å². The van der Waals surface area contributed by atoms with Crippen molar-refractivity contribution >= 4 is 17.7 Å². The van der Waals surface area contributed by atoms with Crippen LogP contribution in [0.2, 0.25) is 0 Å². The molecule has 2 N–H and O–H groups in total. The van der Waals surface area contributed by atoms with Gasteiger partial charge >= 0.3 is 6.18 Å². The van der Waals surface area contributed by atoms with Gasteiger partial charge in [-0.05, 0) is 43.5 Å². The first-order valence-corrected chi connectivity index (χ1v) is 9.09. The third-order valence-corrected chi connectivity index (χ3v) is 5.63. The Bertz CT molecular complexity index is 806. The standard InChI is InChI=1S/C17H16F3N3O2S/c18-17(19,20)14-8-15(23-25-14)26-11-4-1-9(2-5-11)16(24)22-13-7-10-3-6-12(13)21-10/h1-2,4-5,8,10,12-13,21H,3,6-7H2,(H,22,24)/t10-,12+,13-/m1/s1. The van der Waals surface area contributed by atoms with Crippen molar-refractivity contribution in [1.29, 1.82) is 0 Å². The number of carbonyl (C=O) groups is 1. The van der Waals surface area contributed by atoms with Crippen molar-refractivity contribution in [2.75, 3.05) is 0 Å². The second-order valence-electron chi connectivity index (χ2n) is 6.52. The molecule has 2 aromatic rings. The van der Waals surface area contributed by atoms with Crippen molar-refractivity contribution in [2.45, 2.75) is 53.5 Å². The molecule has 2 fully saturated rings. The normalized spacial score (nSPS) is 24.8. The van der Waals surface area contributed by atoms with E-state index in [1.54, 1.807) is 24.3 Å². The molecule has 4 rings (SSSR count). The Balaban J connectivity index is 1.37. The first-order chi connectivity index (χ1) is 12.4. The van der Waals surface area contributed by atoms with Gasteiger partial charge in [0.25, 0.3) is 5.91 Å². The Hall–Kier alpha value is -2.00. The number of halogens is 3. The van der Waals surface area contributed by atoms with Crippen LogP contribution >= 0.6 is 11.8 Å². The second-order valence-corrected chi connectivity index (χ2v) is 7.61. The molecule has 1 amide bonds. The van der Waals surface area contributed by atoms with E-state index in [4.69, 9.17) is 0 Å². The SMILES string of the molecule is O=C(N[C@@H]1C[C@H]2CC[C@@H]1N2)c1ccc(Sc2cc(C(F)(F)F)on2)cc1. The van der Waals surface area contributed by atoms with Crippen LogP contribution < -0.4 is 10.6 Å². The first-order valence-electron chi connectivity index (χ1n) is 8.27. The summed E-state index contributed by atoms with van der Waals surface area (Å²) < 4.78 is 41.8. The Morgan fingerprint density at radius 2 is 2.04 bits per heavy atom. The number of alkyl halides is 3. The molecule has 2 bridgehead atoms. The summed E-state index contributed by atoms with van der Waals surface area (Å²) in [6, 6.07) is 8.55. The molecule has 1 aromatic carbocycles. The van der Waals surface area contributed by atoms with Crippen molar-refractivity contribution in [1.82, 2.24) is 15.8 Å². The van der Waals surface area contributed by atoms with Gasteiger partial charge in [0.05, 0.1) is 0 Å². The number of fused-ring (bicyclic) bond motifs is 2. The molecule has 0 unspecified atom stereocenters. The summed E-state index contributed by atoms with van der Waals surface area (Å²) in [5, 5.41) is 10.0. The zero-order chi connectivity index (χ0) is 18.3. The molecule has 0 aliphatic carbocycles. The zero-order valence-corrected chi connectivity index (χ0v) is 14.4. The molecular weight excluding hydrogens is 367 g/mol. The van der Waals surface area contributed by atoms with Crippen molar-refractivity contribution < 1.29 is 22.5 Å². The Kier molecular flexibility index (Phi) is 4.44. The van der Waals surface area contributed by atoms with Gasteiger partial charge in [0, 0.05) is 34.7 Å². The third kappa shape index (κ3) is 3.59.